The van der Waals surface area contributed by atoms with E-state index in [0.29, 0.717) is 0 Å². The molecule has 0 radical (unpaired) electrons. The lowest BCUT2D eigenvalue weighted by molar-refractivity contribution is 0.483. The molecule has 0 unspecified atom stereocenters. The van der Waals surface area contributed by atoms with Crippen LogP contribution >= 0.6 is 0 Å². The molecule has 1 aromatic heterocycles. The van der Waals surface area contributed by atoms with E-state index in [1.165, 1.54) is 6.07 Å². The summed E-state index contributed by atoms with van der Waals surface area (Å²) in [6.45, 7) is 3.95. The molecule has 25 heavy (non-hydrogen) atoms. The van der Waals surface area contributed by atoms with Crippen molar-refractivity contribution in [3.8, 4) is 11.3 Å². The van der Waals surface area contributed by atoms with E-state index in [0.717, 1.165) is 59.3 Å². The van der Waals surface area contributed by atoms with Crippen LogP contribution in [0.25, 0.3) is 22.2 Å². The van der Waals surface area contributed by atoms with Crippen LogP contribution in [0.5, 0.6) is 0 Å². The summed E-state index contributed by atoms with van der Waals surface area (Å²) in [4.78, 5) is 5.57. The van der Waals surface area contributed by atoms with Gasteiger partial charge in [-0.05, 0) is 55.7 Å². The van der Waals surface area contributed by atoms with Gasteiger partial charge >= 0.3 is 0 Å². The van der Waals surface area contributed by atoms with Crippen molar-refractivity contribution in [3.05, 3.63) is 48.0 Å². The van der Waals surface area contributed by atoms with Gasteiger partial charge in [-0.1, -0.05) is 12.1 Å². The minimum Gasteiger partial charge on any atom is -0.371 e. The van der Waals surface area contributed by atoms with Crippen LogP contribution in [0.4, 0.5) is 5.69 Å². The molecule has 2 N–H and O–H groups in total. The lowest BCUT2D eigenvalue weighted by Crippen LogP contribution is -2.18. The fourth-order valence-corrected chi connectivity index (χ4v) is 4.02. The molecule has 6 heteroatoms. The van der Waals surface area contributed by atoms with Crippen molar-refractivity contribution < 1.29 is 13.0 Å². The number of aromatic nitrogens is 1. The van der Waals surface area contributed by atoms with Gasteiger partial charge in [0.15, 0.2) is 0 Å². The third-order valence-corrected chi connectivity index (χ3v) is 5.63. The average Bonchev–Trinajstić information content (AvgIpc) is 3.22. The monoisotopic (exact) mass is 356 g/mol. The summed E-state index contributed by atoms with van der Waals surface area (Å²) in [7, 11) is -4.24. The molecular weight excluding hydrogens is 336 g/mol. The highest BCUT2D eigenvalue weighted by Crippen LogP contribution is 2.36. The summed E-state index contributed by atoms with van der Waals surface area (Å²) >= 11 is 0. The number of hydrogen-bond donors (Lipinski definition) is 2. The number of aromatic amines is 1. The zero-order chi connectivity index (χ0) is 17.6. The van der Waals surface area contributed by atoms with E-state index in [2.05, 4.69) is 22.0 Å². The number of nitrogens with zero attached hydrogens (tertiary/aromatic N) is 1. The van der Waals surface area contributed by atoms with Gasteiger partial charge in [-0.2, -0.15) is 8.42 Å². The maximum absolute atomic E-state index is 11.6. The summed E-state index contributed by atoms with van der Waals surface area (Å²) in [5, 5.41) is 1.07. The first-order chi connectivity index (χ1) is 11.9. The number of nitrogens with one attached hydrogen (secondary N) is 1. The Bertz CT molecular complexity index is 1050. The Morgan fingerprint density at radius 3 is 2.52 bits per heavy atom. The van der Waals surface area contributed by atoms with Crippen LogP contribution in [0, 0.1) is 6.92 Å². The normalized spacial score (nSPS) is 15.2. The number of rotatable bonds is 3. The molecule has 1 aliphatic heterocycles. The maximum Gasteiger partial charge on any atom is 0.294 e. The fraction of sp³-hybridized carbons (Fsp3) is 0.263. The molecule has 1 fully saturated rings. The lowest BCUT2D eigenvalue weighted by atomic mass is 10.1. The van der Waals surface area contributed by atoms with Gasteiger partial charge in [-0.25, -0.2) is 0 Å². The number of H-pyrrole nitrogens is 1. The zero-order valence-electron chi connectivity index (χ0n) is 14.0. The van der Waals surface area contributed by atoms with Crippen molar-refractivity contribution in [1.82, 2.24) is 4.98 Å². The number of fused-ring (bicyclic) bond motifs is 1. The maximum atomic E-state index is 11.6. The van der Waals surface area contributed by atoms with Crippen molar-refractivity contribution in [2.45, 2.75) is 24.7 Å². The van der Waals surface area contributed by atoms with Crippen molar-refractivity contribution in [1.29, 1.82) is 0 Å². The van der Waals surface area contributed by atoms with Crippen LogP contribution in [0.3, 0.4) is 0 Å². The van der Waals surface area contributed by atoms with E-state index >= 15 is 0 Å². The zero-order valence-corrected chi connectivity index (χ0v) is 14.8. The standard InChI is InChI=1S/C19H20N2O3S/c1-13-4-5-14-11-18(20-17(14)10-13)16-12-15(25(22,23)24)6-7-19(16)21-8-2-3-9-21/h4-7,10-12,20H,2-3,8-9H2,1H3,(H,22,23,24). The van der Waals surface area contributed by atoms with Crippen LogP contribution in [0.15, 0.2) is 47.4 Å². The Morgan fingerprint density at radius 1 is 1.04 bits per heavy atom. The minimum atomic E-state index is -4.24. The molecule has 1 saturated heterocycles. The summed E-state index contributed by atoms with van der Waals surface area (Å²) in [5.74, 6) is 0. The molecule has 5 nitrogen and oxygen atoms in total. The van der Waals surface area contributed by atoms with Crippen molar-refractivity contribution in [2.75, 3.05) is 18.0 Å². The second-order valence-electron chi connectivity index (χ2n) is 6.62. The van der Waals surface area contributed by atoms with Gasteiger partial charge < -0.3 is 9.88 Å². The summed E-state index contributed by atoms with van der Waals surface area (Å²) in [6.07, 6.45) is 2.26. The van der Waals surface area contributed by atoms with Gasteiger partial charge in [0, 0.05) is 40.9 Å². The first kappa shape index (κ1) is 16.2. The van der Waals surface area contributed by atoms with E-state index in [1.54, 1.807) is 12.1 Å². The predicted molar refractivity (Wildman–Crippen MR) is 99.7 cm³/mol. The van der Waals surface area contributed by atoms with Gasteiger partial charge in [0.05, 0.1) is 4.90 Å². The molecule has 0 amide bonds. The van der Waals surface area contributed by atoms with Crippen molar-refractivity contribution >= 4 is 26.7 Å². The third kappa shape index (κ3) is 3.03. The van der Waals surface area contributed by atoms with E-state index in [-0.39, 0.29) is 4.90 Å². The molecule has 1 aliphatic rings. The third-order valence-electron chi connectivity index (χ3n) is 4.78. The van der Waals surface area contributed by atoms with Crippen LogP contribution in [0.2, 0.25) is 0 Å². The fourth-order valence-electron chi connectivity index (χ4n) is 3.51. The molecule has 2 heterocycles. The lowest BCUT2D eigenvalue weighted by Gasteiger charge is -2.21. The van der Waals surface area contributed by atoms with Gasteiger partial charge in [0.1, 0.15) is 0 Å². The second kappa shape index (κ2) is 5.89. The minimum absolute atomic E-state index is 0.0831. The summed E-state index contributed by atoms with van der Waals surface area (Å²) < 4.78 is 32.6. The van der Waals surface area contributed by atoms with Gasteiger partial charge in [0.2, 0.25) is 0 Å². The van der Waals surface area contributed by atoms with Crippen LogP contribution in [0.1, 0.15) is 18.4 Å². The average molecular weight is 356 g/mol. The topological polar surface area (TPSA) is 73.4 Å². The van der Waals surface area contributed by atoms with E-state index < -0.39 is 10.1 Å². The highest BCUT2D eigenvalue weighted by molar-refractivity contribution is 7.85. The Balaban J connectivity index is 1.92. The van der Waals surface area contributed by atoms with Gasteiger partial charge in [-0.3, -0.25) is 4.55 Å². The molecule has 0 atom stereocenters. The van der Waals surface area contributed by atoms with Crippen LogP contribution in [-0.2, 0) is 10.1 Å². The highest BCUT2D eigenvalue weighted by Gasteiger charge is 2.20. The number of benzene rings is 2. The Hall–Kier alpha value is -2.31. The van der Waals surface area contributed by atoms with Gasteiger partial charge in [0.25, 0.3) is 10.1 Å². The van der Waals surface area contributed by atoms with Crippen molar-refractivity contribution in [3.63, 3.8) is 0 Å². The molecule has 0 aliphatic carbocycles. The number of aryl methyl sites for hydroxylation is 1. The Kier molecular flexibility index (Phi) is 3.81. The highest BCUT2D eigenvalue weighted by atomic mass is 32.2. The molecular formula is C19H20N2O3S. The van der Waals surface area contributed by atoms with Crippen LogP contribution < -0.4 is 4.90 Å². The molecule has 4 rings (SSSR count). The molecule has 3 aromatic rings. The van der Waals surface area contributed by atoms with E-state index in [1.807, 2.05) is 19.1 Å². The van der Waals surface area contributed by atoms with E-state index in [4.69, 9.17) is 0 Å². The van der Waals surface area contributed by atoms with Crippen LogP contribution in [-0.4, -0.2) is 31.0 Å². The smallest absolute Gasteiger partial charge is 0.294 e. The van der Waals surface area contributed by atoms with Crippen molar-refractivity contribution in [2.24, 2.45) is 0 Å². The Labute approximate surface area is 147 Å². The number of hydrogen-bond acceptors (Lipinski definition) is 3. The molecule has 0 bridgehead atoms. The quantitative estimate of drug-likeness (QED) is 0.696. The van der Waals surface area contributed by atoms with Gasteiger partial charge in [-0.15, -0.1) is 0 Å². The Morgan fingerprint density at radius 2 is 1.80 bits per heavy atom. The first-order valence-electron chi connectivity index (χ1n) is 8.38. The predicted octanol–water partition coefficient (Wildman–Crippen LogP) is 3.99. The summed E-state index contributed by atoms with van der Waals surface area (Å²) in [5.41, 5.74) is 4.82. The molecule has 130 valence electrons. The largest absolute Gasteiger partial charge is 0.371 e. The molecule has 2 aromatic carbocycles. The molecule has 0 spiro atoms. The summed E-state index contributed by atoms with van der Waals surface area (Å²) in [6, 6.07) is 13.0. The number of anilines is 1. The van der Waals surface area contributed by atoms with E-state index in [9.17, 15) is 13.0 Å². The second-order valence-corrected chi connectivity index (χ2v) is 8.04. The SMILES string of the molecule is Cc1ccc2cc(-c3cc(S(=O)(=O)O)ccc3N3CCCC3)[nH]c2c1. The molecule has 0 saturated carbocycles. The first-order valence-corrected chi connectivity index (χ1v) is 9.82.